The fourth-order valence-electron chi connectivity index (χ4n) is 2.99. The van der Waals surface area contributed by atoms with E-state index in [9.17, 15) is 12.8 Å². The minimum absolute atomic E-state index is 0.150. The molecule has 0 saturated carbocycles. The highest BCUT2D eigenvalue weighted by Crippen LogP contribution is 2.30. The zero-order chi connectivity index (χ0) is 18.7. The Hall–Kier alpha value is -1.48. The van der Waals surface area contributed by atoms with Crippen LogP contribution >= 0.6 is 15.9 Å². The fraction of sp³-hybridized carbons (Fsp3) is 0.333. The van der Waals surface area contributed by atoms with Gasteiger partial charge in [0.05, 0.1) is 7.11 Å². The summed E-state index contributed by atoms with van der Waals surface area (Å²) in [4.78, 5) is 2.21. The number of ether oxygens (including phenoxy) is 1. The highest BCUT2D eigenvalue weighted by Gasteiger charge is 2.31. The molecule has 0 aliphatic carbocycles. The molecule has 8 heteroatoms. The third kappa shape index (κ3) is 4.09. The highest BCUT2D eigenvalue weighted by molar-refractivity contribution is 9.10. The summed E-state index contributed by atoms with van der Waals surface area (Å²) in [7, 11) is -2.20. The standard InChI is InChI=1S/C18H20BrFN2O3S/c1-25-17-7-6-15(19)12-18(17)26(23,24)22-10-8-21(9-11-22)13-14-4-2-3-5-16(14)20/h2-7,12H,8-11,13H2,1H3. The second kappa shape index (κ2) is 8.04. The lowest BCUT2D eigenvalue weighted by Gasteiger charge is -2.34. The van der Waals surface area contributed by atoms with Gasteiger partial charge in [-0.25, -0.2) is 12.8 Å². The molecule has 26 heavy (non-hydrogen) atoms. The molecule has 0 unspecified atom stereocenters. The van der Waals surface area contributed by atoms with Crippen LogP contribution in [0.1, 0.15) is 5.56 Å². The van der Waals surface area contributed by atoms with Crippen molar-refractivity contribution in [3.05, 3.63) is 58.3 Å². The van der Waals surface area contributed by atoms with E-state index in [0.717, 1.165) is 0 Å². The lowest BCUT2D eigenvalue weighted by molar-refractivity contribution is 0.179. The Labute approximate surface area is 161 Å². The van der Waals surface area contributed by atoms with Gasteiger partial charge in [-0.3, -0.25) is 4.90 Å². The molecular formula is C18H20BrFN2O3S. The highest BCUT2D eigenvalue weighted by atomic mass is 79.9. The predicted molar refractivity (Wildman–Crippen MR) is 101 cm³/mol. The van der Waals surface area contributed by atoms with Gasteiger partial charge in [0.25, 0.3) is 0 Å². The van der Waals surface area contributed by atoms with Crippen LogP contribution in [0.25, 0.3) is 0 Å². The SMILES string of the molecule is COc1ccc(Br)cc1S(=O)(=O)N1CCN(Cc2ccccc2F)CC1. The number of rotatable bonds is 5. The minimum atomic E-state index is -3.65. The van der Waals surface area contributed by atoms with Crippen LogP contribution in [0.15, 0.2) is 51.8 Å². The molecule has 1 saturated heterocycles. The maximum absolute atomic E-state index is 13.8. The minimum Gasteiger partial charge on any atom is -0.495 e. The lowest BCUT2D eigenvalue weighted by atomic mass is 10.2. The van der Waals surface area contributed by atoms with E-state index < -0.39 is 10.0 Å². The van der Waals surface area contributed by atoms with Crippen LogP contribution < -0.4 is 4.74 Å². The maximum atomic E-state index is 13.8. The summed E-state index contributed by atoms with van der Waals surface area (Å²) in [6, 6.07) is 11.6. The molecular weight excluding hydrogens is 423 g/mol. The summed E-state index contributed by atoms with van der Waals surface area (Å²) in [5.41, 5.74) is 0.623. The van der Waals surface area contributed by atoms with Gasteiger partial charge in [0.2, 0.25) is 10.0 Å². The topological polar surface area (TPSA) is 49.9 Å². The lowest BCUT2D eigenvalue weighted by Crippen LogP contribution is -2.48. The molecule has 2 aromatic carbocycles. The number of hydrogen-bond acceptors (Lipinski definition) is 4. The Kier molecular flexibility index (Phi) is 5.96. The van der Waals surface area contributed by atoms with Crippen molar-refractivity contribution in [2.45, 2.75) is 11.4 Å². The van der Waals surface area contributed by atoms with Crippen molar-refractivity contribution in [1.29, 1.82) is 0 Å². The summed E-state index contributed by atoms with van der Waals surface area (Å²) < 4.78 is 47.1. The van der Waals surface area contributed by atoms with E-state index in [2.05, 4.69) is 20.8 Å². The van der Waals surface area contributed by atoms with Crippen LogP contribution in [0, 0.1) is 5.82 Å². The van der Waals surface area contributed by atoms with E-state index in [0.29, 0.717) is 48.5 Å². The molecule has 5 nitrogen and oxygen atoms in total. The van der Waals surface area contributed by atoms with E-state index in [1.165, 1.54) is 17.5 Å². The van der Waals surface area contributed by atoms with Gasteiger partial charge < -0.3 is 4.74 Å². The average Bonchev–Trinajstić information content (AvgIpc) is 2.64. The molecule has 0 radical (unpaired) electrons. The number of sulfonamides is 1. The first-order valence-electron chi connectivity index (χ1n) is 8.21. The van der Waals surface area contributed by atoms with Gasteiger partial charge in [0.1, 0.15) is 16.5 Å². The van der Waals surface area contributed by atoms with Gasteiger partial charge >= 0.3 is 0 Å². The van der Waals surface area contributed by atoms with Crippen LogP contribution in [0.5, 0.6) is 5.75 Å². The van der Waals surface area contributed by atoms with E-state index in [1.807, 2.05) is 0 Å². The summed E-state index contributed by atoms with van der Waals surface area (Å²) in [6.07, 6.45) is 0. The quantitative estimate of drug-likeness (QED) is 0.713. The average molecular weight is 443 g/mol. The molecule has 0 atom stereocenters. The number of halogens is 2. The van der Waals surface area contributed by atoms with Crippen molar-refractivity contribution in [3.63, 3.8) is 0 Å². The molecule has 0 bridgehead atoms. The van der Waals surface area contributed by atoms with Gasteiger partial charge in [-0.1, -0.05) is 34.1 Å². The van der Waals surface area contributed by atoms with Crippen LogP contribution in [0.4, 0.5) is 4.39 Å². The van der Waals surface area contributed by atoms with E-state index in [4.69, 9.17) is 4.74 Å². The molecule has 140 valence electrons. The normalized spacial score (nSPS) is 16.6. The Morgan fingerprint density at radius 2 is 1.81 bits per heavy atom. The van der Waals surface area contributed by atoms with Crippen molar-refractivity contribution < 1.29 is 17.5 Å². The van der Waals surface area contributed by atoms with Gasteiger partial charge in [-0.15, -0.1) is 0 Å². The zero-order valence-electron chi connectivity index (χ0n) is 14.4. The van der Waals surface area contributed by atoms with Crippen LogP contribution in [-0.4, -0.2) is 50.9 Å². The second-order valence-electron chi connectivity index (χ2n) is 6.07. The number of hydrogen-bond donors (Lipinski definition) is 0. The number of nitrogens with zero attached hydrogens (tertiary/aromatic N) is 2. The molecule has 3 rings (SSSR count). The van der Waals surface area contributed by atoms with Crippen LogP contribution in [0.2, 0.25) is 0 Å². The van der Waals surface area contributed by atoms with Crippen molar-refractivity contribution in [2.24, 2.45) is 0 Å². The smallest absolute Gasteiger partial charge is 0.246 e. The van der Waals surface area contributed by atoms with Crippen molar-refractivity contribution in [1.82, 2.24) is 9.21 Å². The van der Waals surface area contributed by atoms with Gasteiger partial charge in [0, 0.05) is 42.8 Å². The Morgan fingerprint density at radius 3 is 2.46 bits per heavy atom. The third-order valence-corrected chi connectivity index (χ3v) is 6.84. The monoisotopic (exact) mass is 442 g/mol. The first-order valence-corrected chi connectivity index (χ1v) is 10.4. The van der Waals surface area contributed by atoms with Gasteiger partial charge in [0.15, 0.2) is 0 Å². The van der Waals surface area contributed by atoms with Crippen molar-refractivity contribution >= 4 is 26.0 Å². The maximum Gasteiger partial charge on any atom is 0.246 e. The third-order valence-electron chi connectivity index (χ3n) is 4.43. The summed E-state index contributed by atoms with van der Waals surface area (Å²) in [5.74, 6) is 0.0865. The van der Waals surface area contributed by atoms with Crippen molar-refractivity contribution in [2.75, 3.05) is 33.3 Å². The van der Waals surface area contributed by atoms with Crippen molar-refractivity contribution in [3.8, 4) is 5.75 Å². The largest absolute Gasteiger partial charge is 0.495 e. The molecule has 1 fully saturated rings. The molecule has 1 aliphatic rings. The van der Waals surface area contributed by atoms with Gasteiger partial charge in [-0.2, -0.15) is 4.31 Å². The molecule has 0 amide bonds. The molecule has 2 aromatic rings. The van der Waals surface area contributed by atoms with E-state index in [1.54, 1.807) is 36.4 Å². The zero-order valence-corrected chi connectivity index (χ0v) is 16.8. The van der Waals surface area contributed by atoms with Crippen LogP contribution in [-0.2, 0) is 16.6 Å². The molecule has 1 aliphatic heterocycles. The fourth-order valence-corrected chi connectivity index (χ4v) is 5.10. The summed E-state index contributed by atoms with van der Waals surface area (Å²) in [6.45, 7) is 2.27. The molecule has 0 spiro atoms. The molecule has 1 heterocycles. The Bertz CT molecular complexity index is 884. The first-order chi connectivity index (χ1) is 12.4. The summed E-state index contributed by atoms with van der Waals surface area (Å²) >= 11 is 3.31. The second-order valence-corrected chi connectivity index (χ2v) is 8.89. The number of benzene rings is 2. The predicted octanol–water partition coefficient (Wildman–Crippen LogP) is 3.10. The Morgan fingerprint density at radius 1 is 1.12 bits per heavy atom. The number of methoxy groups -OCH3 is 1. The molecule has 0 N–H and O–H groups in total. The Balaban J connectivity index is 1.71. The van der Waals surface area contributed by atoms with E-state index in [-0.39, 0.29) is 10.7 Å². The molecule has 0 aromatic heterocycles. The van der Waals surface area contributed by atoms with Gasteiger partial charge in [-0.05, 0) is 24.3 Å². The van der Waals surface area contributed by atoms with E-state index >= 15 is 0 Å². The summed E-state index contributed by atoms with van der Waals surface area (Å²) in [5, 5.41) is 0. The van der Waals surface area contributed by atoms with Crippen LogP contribution in [0.3, 0.4) is 0 Å². The number of piperazine rings is 1. The first kappa shape index (κ1) is 19.3.